The zero-order valence-electron chi connectivity index (χ0n) is 12.9. The number of hydrogen-bond acceptors (Lipinski definition) is 2. The van der Waals surface area contributed by atoms with Crippen LogP contribution in [0.2, 0.25) is 0 Å². The van der Waals surface area contributed by atoms with Gasteiger partial charge in [-0.15, -0.1) is 0 Å². The third kappa shape index (κ3) is 3.29. The van der Waals surface area contributed by atoms with Gasteiger partial charge in [0.05, 0.1) is 0 Å². The highest BCUT2D eigenvalue weighted by molar-refractivity contribution is 9.10. The van der Waals surface area contributed by atoms with Crippen molar-refractivity contribution in [3.63, 3.8) is 0 Å². The third-order valence-corrected chi connectivity index (χ3v) is 4.96. The number of hydrogen-bond donors (Lipinski definition) is 2. The molecule has 1 aliphatic carbocycles. The molecule has 1 aromatic heterocycles. The van der Waals surface area contributed by atoms with Crippen LogP contribution in [0.25, 0.3) is 10.9 Å². The number of halogens is 1. The Balaban J connectivity index is 1.70. The topological polar surface area (TPSA) is 54.1 Å². The summed E-state index contributed by atoms with van der Waals surface area (Å²) in [5, 5.41) is 4.06. The number of ether oxygens (including phenoxy) is 1. The predicted molar refractivity (Wildman–Crippen MR) is 91.3 cm³/mol. The van der Waals surface area contributed by atoms with Crippen molar-refractivity contribution in [2.45, 2.75) is 45.6 Å². The van der Waals surface area contributed by atoms with Gasteiger partial charge in [0.1, 0.15) is 0 Å². The van der Waals surface area contributed by atoms with E-state index >= 15 is 0 Å². The Morgan fingerprint density at radius 2 is 2.09 bits per heavy atom. The summed E-state index contributed by atoms with van der Waals surface area (Å²) < 4.78 is 6.43. The number of aromatic amines is 1. The smallest absolute Gasteiger partial charge is 0.393 e. The number of fused-ring (bicyclic) bond motifs is 1. The Morgan fingerprint density at radius 3 is 2.86 bits per heavy atom. The van der Waals surface area contributed by atoms with Gasteiger partial charge in [0.25, 0.3) is 0 Å². The van der Waals surface area contributed by atoms with Crippen molar-refractivity contribution in [3.05, 3.63) is 28.2 Å². The second-order valence-electron chi connectivity index (χ2n) is 6.22. The van der Waals surface area contributed by atoms with Crippen LogP contribution in [-0.2, 0) is 0 Å². The Morgan fingerprint density at radius 1 is 1.32 bits per heavy atom. The quantitative estimate of drug-likeness (QED) is 0.795. The molecule has 0 saturated heterocycles. The molecule has 1 fully saturated rings. The van der Waals surface area contributed by atoms with E-state index in [0.717, 1.165) is 27.4 Å². The van der Waals surface area contributed by atoms with Gasteiger partial charge in [-0.05, 0) is 43.4 Å². The van der Waals surface area contributed by atoms with Crippen LogP contribution in [0.1, 0.15) is 38.2 Å². The van der Waals surface area contributed by atoms with Gasteiger partial charge < -0.3 is 15.0 Å². The maximum absolute atomic E-state index is 12.1. The summed E-state index contributed by atoms with van der Waals surface area (Å²) in [6, 6.07) is 6.13. The highest BCUT2D eigenvalue weighted by Crippen LogP contribution is 2.28. The van der Waals surface area contributed by atoms with Crippen molar-refractivity contribution in [2.24, 2.45) is 5.92 Å². The number of benzene rings is 1. The molecule has 0 bridgehead atoms. The molecule has 1 amide bonds. The molecule has 3 rings (SSSR count). The van der Waals surface area contributed by atoms with Gasteiger partial charge in [0.2, 0.25) is 5.88 Å². The van der Waals surface area contributed by atoms with Crippen LogP contribution in [0.4, 0.5) is 4.79 Å². The minimum Gasteiger partial charge on any atom is -0.393 e. The van der Waals surface area contributed by atoms with Crippen LogP contribution < -0.4 is 10.1 Å². The predicted octanol–water partition coefficient (Wildman–Crippen LogP) is 4.91. The molecule has 118 valence electrons. The lowest BCUT2D eigenvalue weighted by Crippen LogP contribution is -2.42. The molecular formula is C17H21BrN2O2. The Bertz CT molecular complexity index is 695. The first kappa shape index (κ1) is 15.4. The van der Waals surface area contributed by atoms with Gasteiger partial charge >= 0.3 is 6.09 Å². The molecule has 22 heavy (non-hydrogen) atoms. The zero-order chi connectivity index (χ0) is 15.7. The second-order valence-corrected chi connectivity index (χ2v) is 7.14. The highest BCUT2D eigenvalue weighted by Gasteiger charge is 2.23. The van der Waals surface area contributed by atoms with E-state index in [0.29, 0.717) is 11.8 Å². The Labute approximate surface area is 138 Å². The summed E-state index contributed by atoms with van der Waals surface area (Å²) in [4.78, 5) is 15.2. The van der Waals surface area contributed by atoms with E-state index in [1.54, 1.807) is 0 Å². The van der Waals surface area contributed by atoms with Gasteiger partial charge in [-0.1, -0.05) is 35.7 Å². The second kappa shape index (κ2) is 6.32. The molecule has 2 N–H and O–H groups in total. The van der Waals surface area contributed by atoms with E-state index < -0.39 is 0 Å². The Hall–Kier alpha value is -1.49. The monoisotopic (exact) mass is 364 g/mol. The Kier molecular flexibility index (Phi) is 4.43. The highest BCUT2D eigenvalue weighted by atomic mass is 79.9. The molecule has 0 aliphatic heterocycles. The summed E-state index contributed by atoms with van der Waals surface area (Å²) in [7, 11) is 0. The first-order valence-electron chi connectivity index (χ1n) is 7.80. The van der Waals surface area contributed by atoms with Gasteiger partial charge in [-0.25, -0.2) is 4.79 Å². The van der Waals surface area contributed by atoms with Crippen molar-refractivity contribution < 1.29 is 9.53 Å². The number of carbonyl (C=O) groups is 1. The van der Waals surface area contributed by atoms with E-state index in [2.05, 4.69) is 33.2 Å². The van der Waals surface area contributed by atoms with Crippen molar-refractivity contribution in [2.75, 3.05) is 0 Å². The lowest BCUT2D eigenvalue weighted by atomic mass is 9.86. The van der Waals surface area contributed by atoms with Crippen LogP contribution in [0.15, 0.2) is 22.7 Å². The molecule has 1 aliphatic rings. The van der Waals surface area contributed by atoms with Crippen LogP contribution in [0.3, 0.4) is 0 Å². The summed E-state index contributed by atoms with van der Waals surface area (Å²) in [6.07, 6.45) is 4.26. The van der Waals surface area contributed by atoms with Crippen LogP contribution in [0.5, 0.6) is 5.88 Å². The fraction of sp³-hybridized carbons (Fsp3) is 0.471. The van der Waals surface area contributed by atoms with Gasteiger partial charge in [0, 0.05) is 27.5 Å². The largest absolute Gasteiger partial charge is 0.414 e. The van der Waals surface area contributed by atoms with E-state index in [1.165, 1.54) is 19.3 Å². The number of amides is 1. The number of carbonyl (C=O) groups excluding carboxylic acids is 1. The van der Waals surface area contributed by atoms with Crippen LogP contribution >= 0.6 is 15.9 Å². The molecule has 2 aromatic rings. The fourth-order valence-electron chi connectivity index (χ4n) is 3.22. The van der Waals surface area contributed by atoms with Crippen LogP contribution in [-0.4, -0.2) is 17.1 Å². The molecule has 5 heteroatoms. The SMILES string of the molecule is Cc1cc(Br)cc2[nH]c(OC(=O)N[C@@H]3CCCC[C@@H]3C)cc12. The number of nitrogens with one attached hydrogen (secondary N) is 2. The average Bonchev–Trinajstić information content (AvgIpc) is 2.84. The third-order valence-electron chi connectivity index (χ3n) is 4.50. The number of aromatic nitrogens is 1. The molecule has 0 unspecified atom stereocenters. The van der Waals surface area contributed by atoms with Crippen LogP contribution in [0, 0.1) is 12.8 Å². The minimum absolute atomic E-state index is 0.224. The molecule has 1 aromatic carbocycles. The summed E-state index contributed by atoms with van der Waals surface area (Å²) in [6.45, 7) is 4.22. The number of rotatable bonds is 2. The number of aryl methyl sites for hydroxylation is 1. The van der Waals surface area contributed by atoms with Crippen molar-refractivity contribution in [3.8, 4) is 5.88 Å². The fourth-order valence-corrected chi connectivity index (χ4v) is 3.79. The summed E-state index contributed by atoms with van der Waals surface area (Å²) in [5.74, 6) is 0.999. The summed E-state index contributed by atoms with van der Waals surface area (Å²) in [5.41, 5.74) is 2.09. The molecule has 0 spiro atoms. The van der Waals surface area contributed by atoms with Crippen molar-refractivity contribution >= 4 is 32.9 Å². The lowest BCUT2D eigenvalue weighted by molar-refractivity contribution is 0.182. The summed E-state index contributed by atoms with van der Waals surface area (Å²) >= 11 is 3.48. The van der Waals surface area contributed by atoms with Crippen molar-refractivity contribution in [1.82, 2.24) is 10.3 Å². The number of H-pyrrole nitrogens is 1. The lowest BCUT2D eigenvalue weighted by Gasteiger charge is -2.28. The van der Waals surface area contributed by atoms with Gasteiger partial charge in [0.15, 0.2) is 0 Å². The average molecular weight is 365 g/mol. The molecule has 4 nitrogen and oxygen atoms in total. The molecule has 1 saturated carbocycles. The van der Waals surface area contributed by atoms with E-state index in [-0.39, 0.29) is 12.1 Å². The standard InChI is InChI=1S/C17H21BrN2O2/c1-10-5-3-4-6-14(10)20-17(21)22-16-9-13-11(2)7-12(18)8-15(13)19-16/h7-10,14,19H,3-6H2,1-2H3,(H,20,21)/t10-,14+/m0/s1. The van der Waals surface area contributed by atoms with Gasteiger partial charge in [-0.2, -0.15) is 0 Å². The molecule has 2 atom stereocenters. The van der Waals surface area contributed by atoms with Crippen molar-refractivity contribution in [1.29, 1.82) is 0 Å². The first-order chi connectivity index (χ1) is 10.5. The van der Waals surface area contributed by atoms with E-state index in [9.17, 15) is 4.79 Å². The molecule has 1 heterocycles. The van der Waals surface area contributed by atoms with E-state index in [1.807, 2.05) is 25.1 Å². The normalized spacial score (nSPS) is 21.8. The first-order valence-corrected chi connectivity index (χ1v) is 8.59. The maximum atomic E-state index is 12.1. The minimum atomic E-state index is -0.373. The molecule has 0 radical (unpaired) electrons. The molecular weight excluding hydrogens is 344 g/mol. The maximum Gasteiger partial charge on any atom is 0.414 e. The zero-order valence-corrected chi connectivity index (χ0v) is 14.5. The van der Waals surface area contributed by atoms with Gasteiger partial charge in [-0.3, -0.25) is 0 Å². The van der Waals surface area contributed by atoms with E-state index in [4.69, 9.17) is 4.74 Å².